The molecule has 0 radical (unpaired) electrons. The number of anilines is 1. The van der Waals surface area contributed by atoms with E-state index in [-0.39, 0.29) is 12.6 Å². The van der Waals surface area contributed by atoms with Gasteiger partial charge in [0.2, 0.25) is 5.88 Å². The lowest BCUT2D eigenvalue weighted by atomic mass is 10.0. The number of hydrogen-bond donors (Lipinski definition) is 2. The molecule has 0 bridgehead atoms. The molecule has 0 aliphatic heterocycles. The van der Waals surface area contributed by atoms with Crippen LogP contribution in [0.5, 0.6) is 11.6 Å². The fourth-order valence-corrected chi connectivity index (χ4v) is 2.93. The van der Waals surface area contributed by atoms with E-state index in [0.717, 1.165) is 0 Å². The van der Waals surface area contributed by atoms with Crippen LogP contribution in [0, 0.1) is 6.92 Å². The molecule has 2 heterocycles. The Labute approximate surface area is 184 Å². The molecule has 1 atom stereocenters. The predicted molar refractivity (Wildman–Crippen MR) is 116 cm³/mol. The number of halogens is 1. The normalized spacial score (nSPS) is 12.7. The van der Waals surface area contributed by atoms with E-state index in [1.165, 1.54) is 4.68 Å². The van der Waals surface area contributed by atoms with Crippen molar-refractivity contribution in [2.24, 2.45) is 0 Å². The fraction of sp³-hybridized carbons (Fsp3) is 0.350. The van der Waals surface area contributed by atoms with Crippen molar-refractivity contribution in [3.8, 4) is 17.3 Å². The van der Waals surface area contributed by atoms with E-state index in [0.29, 0.717) is 40.3 Å². The summed E-state index contributed by atoms with van der Waals surface area (Å²) in [5.74, 6) is 1.48. The Morgan fingerprint density at radius 2 is 2.13 bits per heavy atom. The maximum absolute atomic E-state index is 12.7. The van der Waals surface area contributed by atoms with Crippen LogP contribution in [0.25, 0.3) is 5.69 Å². The van der Waals surface area contributed by atoms with Crippen molar-refractivity contribution < 1.29 is 14.3 Å². The molecule has 31 heavy (non-hydrogen) atoms. The van der Waals surface area contributed by atoms with Crippen LogP contribution in [-0.4, -0.2) is 50.5 Å². The zero-order valence-corrected chi connectivity index (χ0v) is 18.5. The quantitative estimate of drug-likeness (QED) is 0.545. The Hall–Kier alpha value is -3.40. The van der Waals surface area contributed by atoms with Gasteiger partial charge < -0.3 is 20.1 Å². The van der Waals surface area contributed by atoms with Crippen LogP contribution in [0.4, 0.5) is 10.5 Å². The second-order valence-corrected chi connectivity index (χ2v) is 7.50. The van der Waals surface area contributed by atoms with E-state index < -0.39 is 5.54 Å². The number of benzene rings is 1. The molecule has 0 spiro atoms. The average molecular weight is 446 g/mol. The van der Waals surface area contributed by atoms with E-state index in [1.807, 2.05) is 13.8 Å². The van der Waals surface area contributed by atoms with Gasteiger partial charge in [0, 0.05) is 11.9 Å². The van der Waals surface area contributed by atoms with Gasteiger partial charge in [-0.15, -0.1) is 5.10 Å². The Kier molecular flexibility index (Phi) is 6.91. The lowest BCUT2D eigenvalue weighted by Gasteiger charge is -2.29. The Balaban J connectivity index is 1.70. The number of nitrogens with zero attached hydrogens (tertiary/aromatic N) is 5. The minimum absolute atomic E-state index is 0.200. The van der Waals surface area contributed by atoms with Gasteiger partial charge in [0.25, 0.3) is 0 Å². The summed E-state index contributed by atoms with van der Waals surface area (Å²) in [4.78, 5) is 16.8. The SMILES string of the molecule is CC[C@@](C)(COc1ncccc1Cl)NC(=O)Nc1ccc(OC)c(-n2nnnc2C)c1. The van der Waals surface area contributed by atoms with Gasteiger partial charge in [0.15, 0.2) is 5.82 Å². The minimum Gasteiger partial charge on any atom is -0.494 e. The van der Waals surface area contributed by atoms with Gasteiger partial charge in [0.05, 0.1) is 12.6 Å². The Morgan fingerprint density at radius 1 is 1.32 bits per heavy atom. The molecule has 10 nitrogen and oxygen atoms in total. The van der Waals surface area contributed by atoms with E-state index >= 15 is 0 Å². The van der Waals surface area contributed by atoms with Crippen LogP contribution in [0.1, 0.15) is 26.1 Å². The monoisotopic (exact) mass is 445 g/mol. The van der Waals surface area contributed by atoms with Gasteiger partial charge in [0.1, 0.15) is 23.1 Å². The number of tetrazole rings is 1. The number of nitrogens with one attached hydrogen (secondary N) is 2. The van der Waals surface area contributed by atoms with Crippen molar-refractivity contribution >= 4 is 23.3 Å². The molecule has 0 saturated carbocycles. The third kappa shape index (κ3) is 5.40. The molecule has 2 aromatic heterocycles. The van der Waals surface area contributed by atoms with Crippen LogP contribution in [-0.2, 0) is 0 Å². The van der Waals surface area contributed by atoms with Crippen LogP contribution in [0.15, 0.2) is 36.5 Å². The number of aromatic nitrogens is 5. The first-order valence-electron chi connectivity index (χ1n) is 9.61. The number of carbonyl (C=O) groups excluding carboxylic acids is 1. The number of methoxy groups -OCH3 is 1. The zero-order chi connectivity index (χ0) is 22.4. The molecule has 11 heteroatoms. The number of amides is 2. The summed E-state index contributed by atoms with van der Waals surface area (Å²) < 4.78 is 12.6. The summed E-state index contributed by atoms with van der Waals surface area (Å²) in [5, 5.41) is 17.7. The predicted octanol–water partition coefficient (Wildman–Crippen LogP) is 3.40. The van der Waals surface area contributed by atoms with Crippen molar-refractivity contribution in [1.82, 2.24) is 30.5 Å². The molecule has 3 rings (SSSR count). The molecular weight excluding hydrogens is 422 g/mol. The molecule has 3 aromatic rings. The first kappa shape index (κ1) is 22.3. The van der Waals surface area contributed by atoms with Crippen LogP contribution < -0.4 is 20.1 Å². The average Bonchev–Trinajstić information content (AvgIpc) is 3.18. The summed E-state index contributed by atoms with van der Waals surface area (Å²) in [6, 6.07) is 8.23. The number of ether oxygens (including phenoxy) is 2. The number of carbonyl (C=O) groups is 1. The van der Waals surface area contributed by atoms with E-state index in [9.17, 15) is 4.79 Å². The smallest absolute Gasteiger partial charge is 0.319 e. The van der Waals surface area contributed by atoms with Crippen molar-refractivity contribution in [2.75, 3.05) is 19.0 Å². The highest BCUT2D eigenvalue weighted by Crippen LogP contribution is 2.27. The number of hydrogen-bond acceptors (Lipinski definition) is 7. The Morgan fingerprint density at radius 3 is 2.77 bits per heavy atom. The first-order valence-corrected chi connectivity index (χ1v) is 9.99. The Bertz CT molecular complexity index is 1060. The molecule has 0 aliphatic rings. The fourth-order valence-electron chi connectivity index (χ4n) is 2.76. The lowest BCUT2D eigenvalue weighted by Crippen LogP contribution is -2.51. The standard InChI is InChI=1S/C20H24ClN7O3/c1-5-20(3,12-31-18-15(21)7-6-10-22-18)24-19(29)23-14-8-9-17(30-4)16(11-14)28-13(2)25-26-27-28/h6-11H,5,12H2,1-4H3,(H2,23,24,29)/t20-/m0/s1. The third-order valence-electron chi connectivity index (χ3n) is 4.74. The zero-order valence-electron chi connectivity index (χ0n) is 17.7. The highest BCUT2D eigenvalue weighted by atomic mass is 35.5. The molecule has 0 aliphatic carbocycles. The number of urea groups is 1. The highest BCUT2D eigenvalue weighted by Gasteiger charge is 2.26. The van der Waals surface area contributed by atoms with Crippen molar-refractivity contribution in [3.63, 3.8) is 0 Å². The second-order valence-electron chi connectivity index (χ2n) is 7.10. The van der Waals surface area contributed by atoms with Gasteiger partial charge in [-0.1, -0.05) is 18.5 Å². The topological polar surface area (TPSA) is 116 Å². The summed E-state index contributed by atoms with van der Waals surface area (Å²) in [6.45, 7) is 5.81. The largest absolute Gasteiger partial charge is 0.494 e. The lowest BCUT2D eigenvalue weighted by molar-refractivity contribution is 0.183. The summed E-state index contributed by atoms with van der Waals surface area (Å²) in [7, 11) is 1.55. The number of pyridine rings is 1. The molecule has 164 valence electrons. The summed E-state index contributed by atoms with van der Waals surface area (Å²) in [6.07, 6.45) is 2.22. The molecule has 0 unspecified atom stereocenters. The van der Waals surface area contributed by atoms with Crippen molar-refractivity contribution in [2.45, 2.75) is 32.7 Å². The van der Waals surface area contributed by atoms with Crippen LogP contribution in [0.2, 0.25) is 5.02 Å². The molecule has 2 amide bonds. The minimum atomic E-state index is -0.646. The van der Waals surface area contributed by atoms with Gasteiger partial charge in [-0.25, -0.2) is 9.78 Å². The van der Waals surface area contributed by atoms with Crippen molar-refractivity contribution in [3.05, 3.63) is 47.4 Å². The molecular formula is C20H24ClN7O3. The maximum atomic E-state index is 12.7. The number of rotatable bonds is 8. The third-order valence-corrected chi connectivity index (χ3v) is 5.03. The van der Waals surface area contributed by atoms with Crippen LogP contribution >= 0.6 is 11.6 Å². The second kappa shape index (κ2) is 9.61. The van der Waals surface area contributed by atoms with E-state index in [2.05, 4.69) is 31.1 Å². The molecule has 0 saturated heterocycles. The summed E-state index contributed by atoms with van der Waals surface area (Å²) in [5.41, 5.74) is 0.511. The molecule has 1 aromatic carbocycles. The van der Waals surface area contributed by atoms with Gasteiger partial charge in [-0.2, -0.15) is 4.68 Å². The molecule has 2 N–H and O–H groups in total. The first-order chi connectivity index (χ1) is 14.8. The van der Waals surface area contributed by atoms with Crippen molar-refractivity contribution in [1.29, 1.82) is 0 Å². The highest BCUT2D eigenvalue weighted by molar-refractivity contribution is 6.31. The van der Waals surface area contributed by atoms with E-state index in [4.69, 9.17) is 21.1 Å². The maximum Gasteiger partial charge on any atom is 0.319 e. The van der Waals surface area contributed by atoms with Gasteiger partial charge in [-0.05, 0) is 61.0 Å². The van der Waals surface area contributed by atoms with Crippen LogP contribution in [0.3, 0.4) is 0 Å². The van der Waals surface area contributed by atoms with E-state index in [1.54, 1.807) is 50.6 Å². The van der Waals surface area contributed by atoms with Gasteiger partial charge in [-0.3, -0.25) is 0 Å². The number of aryl methyl sites for hydroxylation is 1. The summed E-state index contributed by atoms with van der Waals surface area (Å²) >= 11 is 6.09. The molecule has 0 fully saturated rings. The van der Waals surface area contributed by atoms with Gasteiger partial charge >= 0.3 is 6.03 Å².